The number of carbonyl (C=O) groups excluding carboxylic acids is 1. The van der Waals surface area contributed by atoms with E-state index in [1.54, 1.807) is 6.20 Å². The second kappa shape index (κ2) is 5.96. The van der Waals surface area contributed by atoms with Crippen LogP contribution in [0.2, 0.25) is 0 Å². The molecule has 1 aromatic carbocycles. The Hall–Kier alpha value is -2.30. The van der Waals surface area contributed by atoms with Gasteiger partial charge in [0.2, 0.25) is 0 Å². The lowest BCUT2D eigenvalue weighted by atomic mass is 10.1. The first-order valence-electron chi connectivity index (χ1n) is 8.71. The van der Waals surface area contributed by atoms with Gasteiger partial charge in [-0.15, -0.1) is 0 Å². The Kier molecular flexibility index (Phi) is 3.79. The molecule has 0 saturated heterocycles. The van der Waals surface area contributed by atoms with Crippen LogP contribution in [0.15, 0.2) is 30.5 Å². The summed E-state index contributed by atoms with van der Waals surface area (Å²) in [5, 5.41) is 7.61. The predicted octanol–water partition coefficient (Wildman–Crippen LogP) is 3.28. The van der Waals surface area contributed by atoms with E-state index in [0.29, 0.717) is 18.4 Å². The molecule has 1 N–H and O–H groups in total. The van der Waals surface area contributed by atoms with E-state index < -0.39 is 0 Å². The molecule has 24 heavy (non-hydrogen) atoms. The number of rotatable bonds is 5. The van der Waals surface area contributed by atoms with Gasteiger partial charge in [-0.3, -0.25) is 9.48 Å². The van der Waals surface area contributed by atoms with Crippen LogP contribution in [-0.4, -0.2) is 22.3 Å². The summed E-state index contributed by atoms with van der Waals surface area (Å²) in [7, 11) is 0. The second-order valence-corrected chi connectivity index (χ2v) is 7.17. The van der Waals surface area contributed by atoms with Crippen molar-refractivity contribution in [3.05, 3.63) is 47.3 Å². The summed E-state index contributed by atoms with van der Waals surface area (Å²) in [6.45, 7) is 5.69. The van der Waals surface area contributed by atoms with Crippen LogP contribution >= 0.6 is 0 Å². The van der Waals surface area contributed by atoms with Gasteiger partial charge in [0.25, 0.3) is 5.91 Å². The quantitative estimate of drug-likeness (QED) is 0.918. The molecule has 1 unspecified atom stereocenters. The number of amides is 1. The highest BCUT2D eigenvalue weighted by atomic mass is 16.5. The number of benzene rings is 1. The molecule has 1 atom stereocenters. The van der Waals surface area contributed by atoms with Gasteiger partial charge < -0.3 is 10.1 Å². The monoisotopic (exact) mass is 325 g/mol. The lowest BCUT2D eigenvalue weighted by Gasteiger charge is -2.13. The van der Waals surface area contributed by atoms with E-state index in [-0.39, 0.29) is 11.9 Å². The Morgan fingerprint density at radius 3 is 2.92 bits per heavy atom. The van der Waals surface area contributed by atoms with Gasteiger partial charge in [0, 0.05) is 18.0 Å². The van der Waals surface area contributed by atoms with Crippen LogP contribution < -0.4 is 10.1 Å². The van der Waals surface area contributed by atoms with E-state index in [1.807, 2.05) is 28.9 Å². The zero-order chi connectivity index (χ0) is 16.7. The van der Waals surface area contributed by atoms with E-state index in [9.17, 15) is 4.79 Å². The Labute approximate surface area is 142 Å². The summed E-state index contributed by atoms with van der Waals surface area (Å²) in [5.41, 5.74) is 2.88. The number of fused-ring (bicyclic) bond motifs is 1. The van der Waals surface area contributed by atoms with Crippen molar-refractivity contribution in [3.63, 3.8) is 0 Å². The zero-order valence-electron chi connectivity index (χ0n) is 14.2. The topological polar surface area (TPSA) is 56.2 Å². The Balaban J connectivity index is 1.56. The molecular weight excluding hydrogens is 302 g/mol. The lowest BCUT2D eigenvalue weighted by molar-refractivity contribution is 0.0929. The summed E-state index contributed by atoms with van der Waals surface area (Å²) in [6.07, 6.45) is 4.03. The van der Waals surface area contributed by atoms with Gasteiger partial charge in [0.1, 0.15) is 12.4 Å². The van der Waals surface area contributed by atoms with Crippen molar-refractivity contribution in [1.82, 2.24) is 15.1 Å². The van der Waals surface area contributed by atoms with Crippen molar-refractivity contribution in [3.8, 4) is 5.75 Å². The second-order valence-electron chi connectivity index (χ2n) is 7.17. The van der Waals surface area contributed by atoms with Crippen LogP contribution in [0.25, 0.3) is 0 Å². The first-order valence-corrected chi connectivity index (χ1v) is 8.71. The number of nitrogens with zero attached hydrogens (tertiary/aromatic N) is 2. The normalized spacial score (nSPS) is 19.2. The van der Waals surface area contributed by atoms with Crippen LogP contribution in [0.5, 0.6) is 5.75 Å². The summed E-state index contributed by atoms with van der Waals surface area (Å²) in [4.78, 5) is 12.8. The molecular formula is C19H23N3O2. The maximum Gasteiger partial charge on any atom is 0.255 e. The minimum Gasteiger partial charge on any atom is -0.491 e. The lowest BCUT2D eigenvalue weighted by Crippen LogP contribution is -2.30. The third-order valence-electron chi connectivity index (χ3n) is 4.63. The average molecular weight is 325 g/mol. The van der Waals surface area contributed by atoms with E-state index in [4.69, 9.17) is 4.74 Å². The Morgan fingerprint density at radius 2 is 2.17 bits per heavy atom. The molecule has 4 rings (SSSR count). The molecule has 2 heterocycles. The van der Waals surface area contributed by atoms with Gasteiger partial charge in [0.05, 0.1) is 23.5 Å². The highest BCUT2D eigenvalue weighted by Crippen LogP contribution is 2.42. The van der Waals surface area contributed by atoms with E-state index in [2.05, 4.69) is 24.3 Å². The van der Waals surface area contributed by atoms with Crippen molar-refractivity contribution in [2.75, 3.05) is 6.61 Å². The summed E-state index contributed by atoms with van der Waals surface area (Å²) in [5.74, 6) is 1.81. The SMILES string of the molecule is CC(C)Cn1ncc(C(=O)NC2COc3ccccc32)c1C1CC1. The van der Waals surface area contributed by atoms with Crippen molar-refractivity contribution in [2.24, 2.45) is 5.92 Å². The Morgan fingerprint density at radius 1 is 1.38 bits per heavy atom. The molecule has 1 aliphatic heterocycles. The first-order chi connectivity index (χ1) is 11.6. The van der Waals surface area contributed by atoms with Crippen molar-refractivity contribution < 1.29 is 9.53 Å². The third-order valence-corrected chi connectivity index (χ3v) is 4.63. The number of para-hydroxylation sites is 1. The molecule has 1 aliphatic carbocycles. The molecule has 0 radical (unpaired) electrons. The summed E-state index contributed by atoms with van der Waals surface area (Å²) < 4.78 is 7.68. The van der Waals surface area contributed by atoms with Crippen LogP contribution in [0.3, 0.4) is 0 Å². The largest absolute Gasteiger partial charge is 0.491 e. The molecule has 5 nitrogen and oxygen atoms in total. The molecule has 2 aliphatic rings. The maximum absolute atomic E-state index is 12.8. The third kappa shape index (κ3) is 2.79. The van der Waals surface area contributed by atoms with Crippen LogP contribution in [-0.2, 0) is 6.54 Å². The minimum absolute atomic E-state index is 0.0443. The van der Waals surface area contributed by atoms with Gasteiger partial charge in [0.15, 0.2) is 0 Å². The van der Waals surface area contributed by atoms with Crippen LogP contribution in [0.4, 0.5) is 0 Å². The van der Waals surface area contributed by atoms with Gasteiger partial charge in [-0.1, -0.05) is 32.0 Å². The Bertz CT molecular complexity index is 762. The average Bonchev–Trinajstić information content (AvgIpc) is 3.19. The van der Waals surface area contributed by atoms with Gasteiger partial charge >= 0.3 is 0 Å². The zero-order valence-corrected chi connectivity index (χ0v) is 14.2. The van der Waals surface area contributed by atoms with E-state index in [1.165, 1.54) is 0 Å². The predicted molar refractivity (Wildman–Crippen MR) is 91.2 cm³/mol. The fourth-order valence-electron chi connectivity index (χ4n) is 3.37. The van der Waals surface area contributed by atoms with E-state index in [0.717, 1.165) is 42.0 Å². The molecule has 1 fully saturated rings. The molecule has 1 aromatic heterocycles. The number of aromatic nitrogens is 2. The number of hydrogen-bond acceptors (Lipinski definition) is 3. The van der Waals surface area contributed by atoms with Gasteiger partial charge in [-0.2, -0.15) is 5.10 Å². The highest BCUT2D eigenvalue weighted by Gasteiger charge is 2.34. The molecule has 0 bridgehead atoms. The standard InChI is InChI=1S/C19H23N3O2/c1-12(2)10-22-18(13-7-8-13)15(9-20-22)19(23)21-16-11-24-17-6-4-3-5-14(16)17/h3-6,9,12-13,16H,7-8,10-11H2,1-2H3,(H,21,23). The maximum atomic E-state index is 12.8. The first kappa shape index (κ1) is 15.2. The molecule has 0 spiro atoms. The van der Waals surface area contributed by atoms with Crippen LogP contribution in [0, 0.1) is 5.92 Å². The summed E-state index contributed by atoms with van der Waals surface area (Å²) >= 11 is 0. The number of ether oxygens (including phenoxy) is 1. The van der Waals surface area contributed by atoms with Crippen molar-refractivity contribution >= 4 is 5.91 Å². The minimum atomic E-state index is -0.0887. The molecule has 1 amide bonds. The van der Waals surface area contributed by atoms with Gasteiger partial charge in [-0.25, -0.2) is 0 Å². The number of carbonyl (C=O) groups is 1. The molecule has 2 aromatic rings. The molecule has 5 heteroatoms. The van der Waals surface area contributed by atoms with Crippen molar-refractivity contribution in [1.29, 1.82) is 0 Å². The fraction of sp³-hybridized carbons (Fsp3) is 0.474. The fourth-order valence-corrected chi connectivity index (χ4v) is 3.37. The molecule has 1 saturated carbocycles. The number of hydrogen-bond donors (Lipinski definition) is 1. The van der Waals surface area contributed by atoms with E-state index >= 15 is 0 Å². The summed E-state index contributed by atoms with van der Waals surface area (Å²) in [6, 6.07) is 7.79. The van der Waals surface area contributed by atoms with Crippen molar-refractivity contribution in [2.45, 2.75) is 45.2 Å². The van der Waals surface area contributed by atoms with Gasteiger partial charge in [-0.05, 0) is 24.8 Å². The number of nitrogens with one attached hydrogen (secondary N) is 1. The smallest absolute Gasteiger partial charge is 0.255 e. The molecule has 126 valence electrons. The van der Waals surface area contributed by atoms with Crippen LogP contribution in [0.1, 0.15) is 60.3 Å². The highest BCUT2D eigenvalue weighted by molar-refractivity contribution is 5.95.